The standard InChI is InChI=1S/C16H16N4O/c1-11-7-9-13-15(17-11)19-20-16(13)18-14(21)10-8-12-5-3-2-4-6-12/h2-7,9H,8,10H2,1H3,(H2,17,18,19,20,21). The van der Waals surface area contributed by atoms with Crippen molar-refractivity contribution >= 4 is 22.8 Å². The Morgan fingerprint density at radius 1 is 1.19 bits per heavy atom. The summed E-state index contributed by atoms with van der Waals surface area (Å²) in [5.41, 5.74) is 2.75. The van der Waals surface area contributed by atoms with Crippen LogP contribution in [0.15, 0.2) is 42.5 Å². The molecule has 2 aromatic heterocycles. The summed E-state index contributed by atoms with van der Waals surface area (Å²) in [6.07, 6.45) is 1.14. The van der Waals surface area contributed by atoms with Crippen molar-refractivity contribution in [3.8, 4) is 0 Å². The second-order valence-electron chi connectivity index (χ2n) is 4.95. The zero-order valence-electron chi connectivity index (χ0n) is 11.8. The maximum Gasteiger partial charge on any atom is 0.225 e. The Bertz CT molecular complexity index is 764. The summed E-state index contributed by atoms with van der Waals surface area (Å²) in [6, 6.07) is 13.8. The molecule has 0 bridgehead atoms. The van der Waals surface area contributed by atoms with E-state index in [0.717, 1.165) is 16.6 Å². The molecule has 0 saturated carbocycles. The van der Waals surface area contributed by atoms with Gasteiger partial charge < -0.3 is 5.32 Å². The summed E-state index contributed by atoms with van der Waals surface area (Å²) in [6.45, 7) is 1.92. The summed E-state index contributed by atoms with van der Waals surface area (Å²) in [5.74, 6) is 0.489. The molecule has 0 fully saturated rings. The van der Waals surface area contributed by atoms with E-state index in [0.29, 0.717) is 24.3 Å². The highest BCUT2D eigenvalue weighted by Crippen LogP contribution is 2.19. The van der Waals surface area contributed by atoms with Gasteiger partial charge in [-0.2, -0.15) is 5.10 Å². The Kier molecular flexibility index (Phi) is 3.64. The zero-order valence-corrected chi connectivity index (χ0v) is 11.8. The number of nitrogens with one attached hydrogen (secondary N) is 2. The molecule has 1 aromatic carbocycles. The molecule has 2 N–H and O–H groups in total. The first-order valence-corrected chi connectivity index (χ1v) is 6.88. The minimum Gasteiger partial charge on any atom is -0.309 e. The van der Waals surface area contributed by atoms with Crippen molar-refractivity contribution in [3.63, 3.8) is 0 Å². The number of pyridine rings is 1. The Labute approximate surface area is 122 Å². The Morgan fingerprint density at radius 2 is 2.00 bits per heavy atom. The van der Waals surface area contributed by atoms with E-state index < -0.39 is 0 Å². The van der Waals surface area contributed by atoms with Crippen LogP contribution in [0.3, 0.4) is 0 Å². The Morgan fingerprint density at radius 3 is 2.81 bits per heavy atom. The van der Waals surface area contributed by atoms with Gasteiger partial charge >= 0.3 is 0 Å². The number of aryl methyl sites for hydroxylation is 2. The van der Waals surface area contributed by atoms with Gasteiger partial charge in [0, 0.05) is 12.1 Å². The minimum atomic E-state index is -0.0483. The fourth-order valence-electron chi connectivity index (χ4n) is 2.19. The van der Waals surface area contributed by atoms with Crippen molar-refractivity contribution in [2.75, 3.05) is 5.32 Å². The predicted octanol–water partition coefficient (Wildman–Crippen LogP) is 2.84. The van der Waals surface area contributed by atoms with Gasteiger partial charge in [-0.1, -0.05) is 30.3 Å². The van der Waals surface area contributed by atoms with Crippen molar-refractivity contribution in [1.29, 1.82) is 0 Å². The molecule has 0 aliphatic carbocycles. The minimum absolute atomic E-state index is 0.0483. The summed E-state index contributed by atoms with van der Waals surface area (Å²) >= 11 is 0. The zero-order chi connectivity index (χ0) is 14.7. The predicted molar refractivity (Wildman–Crippen MR) is 82.0 cm³/mol. The molecule has 0 unspecified atom stereocenters. The number of aromatic nitrogens is 3. The monoisotopic (exact) mass is 280 g/mol. The van der Waals surface area contributed by atoms with Gasteiger partial charge in [0.15, 0.2) is 11.5 Å². The van der Waals surface area contributed by atoms with E-state index in [1.54, 1.807) is 0 Å². The number of hydrogen-bond donors (Lipinski definition) is 2. The van der Waals surface area contributed by atoms with Crippen molar-refractivity contribution in [2.24, 2.45) is 0 Å². The number of benzene rings is 1. The van der Waals surface area contributed by atoms with Gasteiger partial charge in [-0.25, -0.2) is 4.98 Å². The van der Waals surface area contributed by atoms with Gasteiger partial charge in [0.05, 0.1) is 5.39 Å². The van der Waals surface area contributed by atoms with Crippen LogP contribution in [-0.4, -0.2) is 21.1 Å². The number of nitrogens with zero attached hydrogens (tertiary/aromatic N) is 2. The van der Waals surface area contributed by atoms with Crippen LogP contribution in [0.5, 0.6) is 0 Å². The molecule has 0 saturated heterocycles. The smallest absolute Gasteiger partial charge is 0.225 e. The van der Waals surface area contributed by atoms with E-state index in [9.17, 15) is 4.79 Å². The van der Waals surface area contributed by atoms with Crippen LogP contribution >= 0.6 is 0 Å². The van der Waals surface area contributed by atoms with Gasteiger partial charge in [0.25, 0.3) is 0 Å². The number of hydrogen-bond acceptors (Lipinski definition) is 3. The summed E-state index contributed by atoms with van der Waals surface area (Å²) in [4.78, 5) is 16.3. The number of amides is 1. The summed E-state index contributed by atoms with van der Waals surface area (Å²) in [7, 11) is 0. The molecular weight excluding hydrogens is 264 g/mol. The van der Waals surface area contributed by atoms with Crippen molar-refractivity contribution in [1.82, 2.24) is 15.2 Å². The third-order valence-electron chi connectivity index (χ3n) is 3.30. The topological polar surface area (TPSA) is 70.7 Å². The van der Waals surface area contributed by atoms with E-state index in [2.05, 4.69) is 20.5 Å². The first-order valence-electron chi connectivity index (χ1n) is 6.88. The van der Waals surface area contributed by atoms with Gasteiger partial charge in [-0.15, -0.1) is 0 Å². The maximum absolute atomic E-state index is 12.0. The molecule has 1 amide bonds. The van der Waals surface area contributed by atoms with Gasteiger partial charge in [-0.3, -0.25) is 9.89 Å². The van der Waals surface area contributed by atoms with Crippen LogP contribution < -0.4 is 5.32 Å². The molecular formula is C16H16N4O. The highest BCUT2D eigenvalue weighted by atomic mass is 16.1. The van der Waals surface area contributed by atoms with E-state index in [4.69, 9.17) is 0 Å². The number of aromatic amines is 1. The first-order chi connectivity index (χ1) is 10.2. The Hall–Kier alpha value is -2.69. The highest BCUT2D eigenvalue weighted by Gasteiger charge is 2.10. The largest absolute Gasteiger partial charge is 0.309 e. The summed E-state index contributed by atoms with van der Waals surface area (Å²) in [5, 5.41) is 10.6. The first kappa shape index (κ1) is 13.3. The third-order valence-corrected chi connectivity index (χ3v) is 3.30. The number of carbonyl (C=O) groups excluding carboxylic acids is 1. The molecule has 3 aromatic rings. The molecule has 3 rings (SSSR count). The van der Waals surface area contributed by atoms with Crippen LogP contribution in [-0.2, 0) is 11.2 Å². The van der Waals surface area contributed by atoms with Crippen molar-refractivity contribution < 1.29 is 4.79 Å². The maximum atomic E-state index is 12.0. The van der Waals surface area contributed by atoms with Crippen molar-refractivity contribution in [2.45, 2.75) is 19.8 Å². The molecule has 0 aliphatic heterocycles. The molecule has 0 spiro atoms. The molecule has 106 valence electrons. The second-order valence-corrected chi connectivity index (χ2v) is 4.95. The van der Waals surface area contributed by atoms with Crippen LogP contribution in [0, 0.1) is 6.92 Å². The Balaban J connectivity index is 1.66. The molecule has 0 atom stereocenters. The molecule has 21 heavy (non-hydrogen) atoms. The normalized spacial score (nSPS) is 10.7. The van der Waals surface area contributed by atoms with Crippen LogP contribution in [0.25, 0.3) is 11.0 Å². The van der Waals surface area contributed by atoms with Gasteiger partial charge in [-0.05, 0) is 31.0 Å². The van der Waals surface area contributed by atoms with Crippen LogP contribution in [0.4, 0.5) is 5.82 Å². The van der Waals surface area contributed by atoms with Crippen LogP contribution in [0.1, 0.15) is 17.7 Å². The summed E-state index contributed by atoms with van der Waals surface area (Å²) < 4.78 is 0. The van der Waals surface area contributed by atoms with E-state index in [1.807, 2.05) is 49.4 Å². The van der Waals surface area contributed by atoms with E-state index in [1.165, 1.54) is 0 Å². The quantitative estimate of drug-likeness (QED) is 0.772. The lowest BCUT2D eigenvalue weighted by Crippen LogP contribution is -2.12. The molecule has 5 nitrogen and oxygen atoms in total. The molecule has 5 heteroatoms. The number of rotatable bonds is 4. The van der Waals surface area contributed by atoms with Crippen LogP contribution in [0.2, 0.25) is 0 Å². The second kappa shape index (κ2) is 5.75. The van der Waals surface area contributed by atoms with Crippen molar-refractivity contribution in [3.05, 3.63) is 53.7 Å². The fraction of sp³-hybridized carbons (Fsp3) is 0.188. The lowest BCUT2D eigenvalue weighted by molar-refractivity contribution is -0.116. The lowest BCUT2D eigenvalue weighted by atomic mass is 10.1. The third kappa shape index (κ3) is 3.08. The number of H-pyrrole nitrogens is 1. The van der Waals surface area contributed by atoms with Gasteiger partial charge in [0.1, 0.15) is 0 Å². The number of fused-ring (bicyclic) bond motifs is 1. The average molecular weight is 280 g/mol. The molecule has 0 radical (unpaired) electrons. The van der Waals surface area contributed by atoms with E-state index >= 15 is 0 Å². The fourth-order valence-corrected chi connectivity index (χ4v) is 2.19. The van der Waals surface area contributed by atoms with E-state index in [-0.39, 0.29) is 5.91 Å². The molecule has 2 heterocycles. The average Bonchev–Trinajstić information content (AvgIpc) is 2.88. The molecule has 0 aliphatic rings. The van der Waals surface area contributed by atoms with Gasteiger partial charge in [0.2, 0.25) is 5.91 Å². The number of anilines is 1. The highest BCUT2D eigenvalue weighted by molar-refractivity contribution is 5.98. The number of carbonyl (C=O) groups is 1. The SMILES string of the molecule is Cc1ccc2c(NC(=O)CCc3ccccc3)n[nH]c2n1. The lowest BCUT2D eigenvalue weighted by Gasteiger charge is -2.03.